The molecular weight excluding hydrogens is 255 g/mol. The summed E-state index contributed by atoms with van der Waals surface area (Å²) in [5.41, 5.74) is 5.31. The van der Waals surface area contributed by atoms with Crippen molar-refractivity contribution in [1.82, 2.24) is 0 Å². The lowest BCUT2D eigenvalue weighted by Gasteiger charge is -2.12. The standard InChI is InChI=1S/C8H10ClN2O2PS/c1-6(10)11-14(12,15)13-8-4-2-7(9)3-5-8/h2-5H,1H3,(H3,10,11,12,15). The van der Waals surface area contributed by atoms with Crippen LogP contribution in [-0.2, 0) is 11.8 Å². The number of nitrogens with two attached hydrogens (primary N) is 1. The maximum atomic E-state index is 9.61. The number of halogens is 1. The molecule has 7 heteroatoms. The molecule has 1 rings (SSSR count). The molecule has 0 radical (unpaired) electrons. The fourth-order valence-electron chi connectivity index (χ4n) is 0.853. The van der Waals surface area contributed by atoms with Crippen molar-refractivity contribution in [2.24, 2.45) is 10.5 Å². The highest BCUT2D eigenvalue weighted by Gasteiger charge is 2.13. The molecule has 15 heavy (non-hydrogen) atoms. The minimum absolute atomic E-state index is 0.190. The van der Waals surface area contributed by atoms with Crippen LogP contribution in [0.25, 0.3) is 0 Å². The smallest absolute Gasteiger partial charge is 0.360 e. The molecule has 0 saturated heterocycles. The topological polar surface area (TPSA) is 67.8 Å². The summed E-state index contributed by atoms with van der Waals surface area (Å²) in [6.07, 6.45) is 0. The largest absolute Gasteiger partial charge is 0.428 e. The predicted molar refractivity (Wildman–Crippen MR) is 65.9 cm³/mol. The van der Waals surface area contributed by atoms with E-state index in [0.29, 0.717) is 10.8 Å². The van der Waals surface area contributed by atoms with E-state index in [1.807, 2.05) is 0 Å². The highest BCUT2D eigenvalue weighted by Crippen LogP contribution is 2.44. The average molecular weight is 265 g/mol. The van der Waals surface area contributed by atoms with Crippen LogP contribution in [0.3, 0.4) is 0 Å². The van der Waals surface area contributed by atoms with Gasteiger partial charge in [0.15, 0.2) is 0 Å². The molecule has 0 aromatic heterocycles. The summed E-state index contributed by atoms with van der Waals surface area (Å²) in [6.45, 7) is -1.70. The quantitative estimate of drug-likeness (QED) is 0.499. The van der Waals surface area contributed by atoms with Gasteiger partial charge in [0, 0.05) is 16.8 Å². The lowest BCUT2D eigenvalue weighted by molar-refractivity contribution is 0.485. The number of hydrogen-bond donors (Lipinski definition) is 2. The van der Waals surface area contributed by atoms with Crippen LogP contribution in [0.4, 0.5) is 0 Å². The van der Waals surface area contributed by atoms with Crippen molar-refractivity contribution in [2.75, 3.05) is 0 Å². The fraction of sp³-hybridized carbons (Fsp3) is 0.125. The Balaban J connectivity index is 2.82. The second-order valence-corrected chi connectivity index (χ2v) is 6.00. The van der Waals surface area contributed by atoms with Gasteiger partial charge in [0.25, 0.3) is 0 Å². The molecule has 3 N–H and O–H groups in total. The summed E-state index contributed by atoms with van der Waals surface area (Å²) in [5, 5.41) is 0.576. The van der Waals surface area contributed by atoms with E-state index in [1.165, 1.54) is 6.92 Å². The Hall–Kier alpha value is -0.610. The van der Waals surface area contributed by atoms with Gasteiger partial charge in [-0.05, 0) is 31.2 Å². The number of rotatable bonds is 3. The highest BCUT2D eigenvalue weighted by atomic mass is 35.5. The van der Waals surface area contributed by atoms with Crippen molar-refractivity contribution in [3.05, 3.63) is 29.3 Å². The van der Waals surface area contributed by atoms with E-state index in [0.717, 1.165) is 0 Å². The molecule has 1 atom stereocenters. The first-order valence-corrected chi connectivity index (χ1v) is 7.00. The van der Waals surface area contributed by atoms with Crippen LogP contribution in [0.5, 0.6) is 5.75 Å². The lowest BCUT2D eigenvalue weighted by Crippen LogP contribution is -2.05. The summed E-state index contributed by atoms with van der Waals surface area (Å²) in [4.78, 5) is 9.61. The van der Waals surface area contributed by atoms with Gasteiger partial charge in [0.1, 0.15) is 11.6 Å². The summed E-state index contributed by atoms with van der Waals surface area (Å²) in [5.74, 6) is 0.602. The van der Waals surface area contributed by atoms with E-state index in [2.05, 4.69) is 4.76 Å². The van der Waals surface area contributed by atoms with Gasteiger partial charge in [-0.2, -0.15) is 4.76 Å². The van der Waals surface area contributed by atoms with Crippen LogP contribution in [-0.4, -0.2) is 10.7 Å². The van der Waals surface area contributed by atoms with E-state index >= 15 is 0 Å². The Labute approximate surface area is 98.0 Å². The average Bonchev–Trinajstić information content (AvgIpc) is 2.06. The molecule has 0 bridgehead atoms. The van der Waals surface area contributed by atoms with Gasteiger partial charge in [-0.3, -0.25) is 0 Å². The van der Waals surface area contributed by atoms with Crippen LogP contribution in [0.1, 0.15) is 6.92 Å². The zero-order valence-corrected chi connectivity index (χ0v) is 10.4. The first kappa shape index (κ1) is 12.5. The summed E-state index contributed by atoms with van der Waals surface area (Å²) in [7, 11) is 0. The molecule has 82 valence electrons. The first-order valence-electron chi connectivity index (χ1n) is 3.99. The number of nitrogens with zero attached hydrogens (tertiary/aromatic N) is 1. The molecule has 0 amide bonds. The third-order valence-corrected chi connectivity index (χ3v) is 3.06. The number of benzene rings is 1. The molecule has 0 aliphatic carbocycles. The zero-order chi connectivity index (χ0) is 11.5. The molecule has 0 fully saturated rings. The lowest BCUT2D eigenvalue weighted by atomic mass is 10.3. The molecule has 0 aliphatic rings. The summed E-state index contributed by atoms with van der Waals surface area (Å²) in [6, 6.07) is 6.46. The normalized spacial score (nSPS) is 15.8. The Bertz CT molecular complexity index is 417. The monoisotopic (exact) mass is 264 g/mol. The summed E-state index contributed by atoms with van der Waals surface area (Å²) >= 11 is 10.5. The van der Waals surface area contributed by atoms with Crippen LogP contribution in [0.15, 0.2) is 29.0 Å². The van der Waals surface area contributed by atoms with Gasteiger partial charge >= 0.3 is 6.64 Å². The van der Waals surface area contributed by atoms with E-state index in [4.69, 9.17) is 33.7 Å². The molecular formula is C8H10ClN2O2PS. The Morgan fingerprint density at radius 2 is 2.07 bits per heavy atom. The van der Waals surface area contributed by atoms with Crippen LogP contribution >= 0.6 is 18.2 Å². The minimum atomic E-state index is -3.23. The Morgan fingerprint density at radius 1 is 1.53 bits per heavy atom. The zero-order valence-electron chi connectivity index (χ0n) is 7.92. The van der Waals surface area contributed by atoms with E-state index in [-0.39, 0.29) is 5.84 Å². The molecule has 1 aromatic rings. The fourth-order valence-corrected chi connectivity index (χ4v) is 2.46. The molecule has 1 unspecified atom stereocenters. The SMILES string of the molecule is CC(N)=NP(O)(=S)Oc1ccc(Cl)cc1. The van der Waals surface area contributed by atoms with Crippen LogP contribution in [0, 0.1) is 0 Å². The van der Waals surface area contributed by atoms with Gasteiger partial charge in [-0.25, -0.2) is 0 Å². The Kier molecular flexibility index (Phi) is 4.11. The Morgan fingerprint density at radius 3 is 2.53 bits per heavy atom. The highest BCUT2D eigenvalue weighted by molar-refractivity contribution is 8.09. The molecule has 0 saturated carbocycles. The maximum absolute atomic E-state index is 9.61. The van der Waals surface area contributed by atoms with Crippen molar-refractivity contribution in [2.45, 2.75) is 6.92 Å². The maximum Gasteiger partial charge on any atom is 0.360 e. The van der Waals surface area contributed by atoms with Gasteiger partial charge in [0.2, 0.25) is 0 Å². The number of amidine groups is 1. The second-order valence-electron chi connectivity index (χ2n) is 2.78. The van der Waals surface area contributed by atoms with Crippen molar-refractivity contribution >= 4 is 35.9 Å². The molecule has 1 aromatic carbocycles. The van der Waals surface area contributed by atoms with Crippen molar-refractivity contribution in [1.29, 1.82) is 0 Å². The molecule has 4 nitrogen and oxygen atoms in total. The van der Waals surface area contributed by atoms with Gasteiger partial charge in [0.05, 0.1) is 0 Å². The van der Waals surface area contributed by atoms with E-state index < -0.39 is 6.64 Å². The van der Waals surface area contributed by atoms with Gasteiger partial charge in [-0.1, -0.05) is 11.6 Å². The van der Waals surface area contributed by atoms with Crippen LogP contribution in [0.2, 0.25) is 5.02 Å². The third kappa shape index (κ3) is 4.62. The van der Waals surface area contributed by atoms with Crippen molar-refractivity contribution < 1.29 is 9.42 Å². The van der Waals surface area contributed by atoms with Gasteiger partial charge < -0.3 is 15.2 Å². The molecule has 0 heterocycles. The first-order chi connectivity index (χ1) is 6.89. The van der Waals surface area contributed by atoms with Crippen molar-refractivity contribution in [3.8, 4) is 5.75 Å². The second kappa shape index (κ2) is 4.94. The van der Waals surface area contributed by atoms with Crippen molar-refractivity contribution in [3.63, 3.8) is 0 Å². The van der Waals surface area contributed by atoms with E-state index in [1.54, 1.807) is 24.3 Å². The molecule has 0 spiro atoms. The predicted octanol–water partition coefficient (Wildman–Crippen LogP) is 2.31. The minimum Gasteiger partial charge on any atom is -0.428 e. The third-order valence-electron chi connectivity index (χ3n) is 1.32. The summed E-state index contributed by atoms with van der Waals surface area (Å²) < 4.78 is 8.77. The van der Waals surface area contributed by atoms with Crippen LogP contribution < -0.4 is 10.3 Å². The van der Waals surface area contributed by atoms with E-state index in [9.17, 15) is 4.89 Å². The molecule has 0 aliphatic heterocycles. The van der Waals surface area contributed by atoms with Gasteiger partial charge in [-0.15, -0.1) is 0 Å². The number of hydrogen-bond acceptors (Lipinski definition) is 2.